The van der Waals surface area contributed by atoms with Crippen molar-refractivity contribution in [3.05, 3.63) is 108 Å². The normalized spacial score (nSPS) is 11.5. The molecule has 0 bridgehead atoms. The molecule has 1 aliphatic carbocycles. The monoisotopic (exact) mass is 392 g/mol. The summed E-state index contributed by atoms with van der Waals surface area (Å²) in [6.07, 6.45) is 0.877. The summed E-state index contributed by atoms with van der Waals surface area (Å²) < 4.78 is 5.93. The predicted molar refractivity (Wildman–Crippen MR) is 120 cm³/mol. The molecule has 5 rings (SSSR count). The number of nitrogens with two attached hydrogens (primary N) is 1. The molecule has 3 N–H and O–H groups in total. The van der Waals surface area contributed by atoms with Crippen LogP contribution in [0.2, 0.25) is 0 Å². The Morgan fingerprint density at radius 2 is 1.47 bits per heavy atom. The van der Waals surface area contributed by atoms with Crippen molar-refractivity contribution < 1.29 is 9.53 Å². The van der Waals surface area contributed by atoms with E-state index in [9.17, 15) is 4.79 Å². The van der Waals surface area contributed by atoms with Gasteiger partial charge in [-0.15, -0.1) is 0 Å². The Bertz CT molecular complexity index is 1260. The van der Waals surface area contributed by atoms with Crippen molar-refractivity contribution >= 4 is 17.3 Å². The molecule has 0 saturated carbocycles. The van der Waals surface area contributed by atoms with Gasteiger partial charge in [0.25, 0.3) is 5.91 Å². The highest BCUT2D eigenvalue weighted by Gasteiger charge is 2.19. The number of ether oxygens (including phenoxy) is 1. The van der Waals surface area contributed by atoms with E-state index < -0.39 is 0 Å². The van der Waals surface area contributed by atoms with Crippen LogP contribution in [0.3, 0.4) is 0 Å². The standard InChI is InChI=1S/C26H20N2O2/c27-23-10-4-6-12-25(23)30-24-11-5-3-9-22(24)26(29)28-19-13-14-21-18(16-19)15-17-7-1-2-8-20(17)21/h1-14,16H,15,27H2,(H,28,29). The number of anilines is 2. The second-order valence-electron chi connectivity index (χ2n) is 7.30. The van der Waals surface area contributed by atoms with E-state index in [1.54, 1.807) is 24.3 Å². The van der Waals surface area contributed by atoms with E-state index in [1.807, 2.05) is 36.4 Å². The minimum atomic E-state index is -0.226. The maximum Gasteiger partial charge on any atom is 0.259 e. The number of para-hydroxylation sites is 3. The van der Waals surface area contributed by atoms with Gasteiger partial charge in [0.05, 0.1) is 11.3 Å². The van der Waals surface area contributed by atoms with Crippen LogP contribution < -0.4 is 15.8 Å². The highest BCUT2D eigenvalue weighted by atomic mass is 16.5. The van der Waals surface area contributed by atoms with Crippen molar-refractivity contribution in [3.8, 4) is 22.6 Å². The number of amides is 1. The van der Waals surface area contributed by atoms with E-state index in [0.717, 1.165) is 12.1 Å². The van der Waals surface area contributed by atoms with Gasteiger partial charge in [-0.1, -0.05) is 54.6 Å². The number of hydrogen-bond acceptors (Lipinski definition) is 3. The molecule has 30 heavy (non-hydrogen) atoms. The maximum atomic E-state index is 13.0. The van der Waals surface area contributed by atoms with Crippen molar-refractivity contribution in [1.29, 1.82) is 0 Å². The topological polar surface area (TPSA) is 64.3 Å². The van der Waals surface area contributed by atoms with E-state index in [4.69, 9.17) is 10.5 Å². The third-order valence-corrected chi connectivity index (χ3v) is 5.32. The van der Waals surface area contributed by atoms with Gasteiger partial charge >= 0.3 is 0 Å². The average Bonchev–Trinajstić information content (AvgIpc) is 3.13. The number of carbonyl (C=O) groups is 1. The van der Waals surface area contributed by atoms with Crippen LogP contribution in [-0.4, -0.2) is 5.91 Å². The highest BCUT2D eigenvalue weighted by molar-refractivity contribution is 6.06. The molecule has 0 atom stereocenters. The fraction of sp³-hybridized carbons (Fsp3) is 0.0385. The SMILES string of the molecule is Nc1ccccc1Oc1ccccc1C(=O)Nc1ccc2c(c1)Cc1ccccc1-2. The summed E-state index contributed by atoms with van der Waals surface area (Å²) in [6.45, 7) is 0. The van der Waals surface area contributed by atoms with Crippen LogP contribution in [0.4, 0.5) is 11.4 Å². The third kappa shape index (κ3) is 3.29. The van der Waals surface area contributed by atoms with Gasteiger partial charge in [-0.05, 0) is 65.1 Å². The number of rotatable bonds is 4. The molecule has 4 nitrogen and oxygen atoms in total. The van der Waals surface area contributed by atoms with Crippen LogP contribution in [0.25, 0.3) is 11.1 Å². The number of fused-ring (bicyclic) bond motifs is 3. The molecule has 4 heteroatoms. The van der Waals surface area contributed by atoms with Crippen molar-refractivity contribution in [2.45, 2.75) is 6.42 Å². The molecule has 1 aliphatic rings. The van der Waals surface area contributed by atoms with E-state index in [2.05, 4.69) is 35.6 Å². The van der Waals surface area contributed by atoms with Gasteiger partial charge in [0.2, 0.25) is 0 Å². The number of hydrogen-bond donors (Lipinski definition) is 2. The Balaban J connectivity index is 1.39. The van der Waals surface area contributed by atoms with E-state index in [-0.39, 0.29) is 5.91 Å². The number of benzene rings is 4. The molecule has 146 valence electrons. The lowest BCUT2D eigenvalue weighted by molar-refractivity contribution is 0.102. The van der Waals surface area contributed by atoms with Gasteiger partial charge in [-0.2, -0.15) is 0 Å². The van der Waals surface area contributed by atoms with Crippen LogP contribution in [0.15, 0.2) is 91.0 Å². The largest absolute Gasteiger partial charge is 0.454 e. The first kappa shape index (κ1) is 18.0. The first-order chi connectivity index (χ1) is 14.7. The second-order valence-corrected chi connectivity index (χ2v) is 7.30. The lowest BCUT2D eigenvalue weighted by Gasteiger charge is -2.13. The van der Waals surface area contributed by atoms with Gasteiger partial charge < -0.3 is 15.8 Å². The van der Waals surface area contributed by atoms with E-state index >= 15 is 0 Å². The zero-order valence-electron chi connectivity index (χ0n) is 16.3. The summed E-state index contributed by atoms with van der Waals surface area (Å²) in [7, 11) is 0. The van der Waals surface area contributed by atoms with Crippen LogP contribution in [0.1, 0.15) is 21.5 Å². The average molecular weight is 392 g/mol. The van der Waals surface area contributed by atoms with Crippen LogP contribution in [0, 0.1) is 0 Å². The summed E-state index contributed by atoms with van der Waals surface area (Å²) >= 11 is 0. The molecule has 4 aromatic rings. The Morgan fingerprint density at radius 1 is 0.767 bits per heavy atom. The van der Waals surface area contributed by atoms with Crippen molar-refractivity contribution in [2.24, 2.45) is 0 Å². The molecule has 0 aliphatic heterocycles. The zero-order valence-corrected chi connectivity index (χ0v) is 16.3. The van der Waals surface area contributed by atoms with Crippen LogP contribution in [0.5, 0.6) is 11.5 Å². The molecular formula is C26H20N2O2. The first-order valence-corrected chi connectivity index (χ1v) is 9.83. The minimum absolute atomic E-state index is 0.226. The van der Waals surface area contributed by atoms with Gasteiger partial charge in [-0.25, -0.2) is 0 Å². The van der Waals surface area contributed by atoms with Gasteiger partial charge in [-0.3, -0.25) is 4.79 Å². The molecule has 0 saturated heterocycles. The highest BCUT2D eigenvalue weighted by Crippen LogP contribution is 2.38. The molecule has 0 fully saturated rings. The van der Waals surface area contributed by atoms with Crippen molar-refractivity contribution in [2.75, 3.05) is 11.1 Å². The molecule has 0 aromatic heterocycles. The van der Waals surface area contributed by atoms with E-state index in [0.29, 0.717) is 22.7 Å². The molecule has 0 radical (unpaired) electrons. The Labute approximate surface area is 174 Å². The summed E-state index contributed by atoms with van der Waals surface area (Å²) in [6, 6.07) is 28.9. The molecule has 1 amide bonds. The summed E-state index contributed by atoms with van der Waals surface area (Å²) in [4.78, 5) is 13.0. The fourth-order valence-corrected chi connectivity index (χ4v) is 3.86. The van der Waals surface area contributed by atoms with Crippen LogP contribution in [-0.2, 0) is 6.42 Å². The van der Waals surface area contributed by atoms with Crippen molar-refractivity contribution in [3.63, 3.8) is 0 Å². The molecular weight excluding hydrogens is 372 g/mol. The maximum absolute atomic E-state index is 13.0. The summed E-state index contributed by atoms with van der Waals surface area (Å²) in [5.41, 5.74) is 12.7. The van der Waals surface area contributed by atoms with Gasteiger partial charge in [0.1, 0.15) is 11.5 Å². The van der Waals surface area contributed by atoms with Crippen LogP contribution >= 0.6 is 0 Å². The Kier molecular flexibility index (Phi) is 4.45. The molecule has 0 heterocycles. The first-order valence-electron chi connectivity index (χ1n) is 9.83. The lowest BCUT2D eigenvalue weighted by Crippen LogP contribution is -2.13. The Morgan fingerprint density at radius 3 is 2.33 bits per heavy atom. The third-order valence-electron chi connectivity index (χ3n) is 5.32. The Hall–Kier alpha value is -4.05. The predicted octanol–water partition coefficient (Wildman–Crippen LogP) is 5.88. The summed E-state index contributed by atoms with van der Waals surface area (Å²) in [5, 5.41) is 3.01. The van der Waals surface area contributed by atoms with E-state index in [1.165, 1.54) is 22.3 Å². The smallest absolute Gasteiger partial charge is 0.259 e. The number of carbonyl (C=O) groups excluding carboxylic acids is 1. The minimum Gasteiger partial charge on any atom is -0.454 e. The van der Waals surface area contributed by atoms with Crippen molar-refractivity contribution in [1.82, 2.24) is 0 Å². The zero-order chi connectivity index (χ0) is 20.5. The number of nitrogens with one attached hydrogen (secondary N) is 1. The summed E-state index contributed by atoms with van der Waals surface area (Å²) in [5.74, 6) is 0.755. The quantitative estimate of drug-likeness (QED) is 0.375. The second kappa shape index (κ2) is 7.41. The lowest BCUT2D eigenvalue weighted by atomic mass is 10.1. The molecule has 0 unspecified atom stereocenters. The molecule has 4 aromatic carbocycles. The fourth-order valence-electron chi connectivity index (χ4n) is 3.86. The van der Waals surface area contributed by atoms with Gasteiger partial charge in [0, 0.05) is 5.69 Å². The molecule has 0 spiro atoms. The number of nitrogen functional groups attached to an aromatic ring is 1. The van der Waals surface area contributed by atoms with Gasteiger partial charge in [0.15, 0.2) is 0 Å².